The Hall–Kier alpha value is -2.57. The molecule has 2 aromatic rings. The van der Waals surface area contributed by atoms with E-state index in [1.807, 2.05) is 44.2 Å². The molecule has 0 aromatic carbocycles. The van der Waals surface area contributed by atoms with Gasteiger partial charge in [0, 0.05) is 58.6 Å². The second kappa shape index (κ2) is 6.51. The van der Waals surface area contributed by atoms with E-state index >= 15 is 0 Å². The second-order valence-corrected chi connectivity index (χ2v) is 6.36. The fraction of sp³-hybridized carbons (Fsp3) is 0.471. The van der Waals surface area contributed by atoms with Crippen molar-refractivity contribution in [1.82, 2.24) is 24.3 Å². The third-order valence-electron chi connectivity index (χ3n) is 4.81. The number of carbonyl (C=O) groups excluding carboxylic acids is 2. The van der Waals surface area contributed by atoms with Crippen LogP contribution in [0.1, 0.15) is 35.2 Å². The molecule has 128 valence electrons. The van der Waals surface area contributed by atoms with Crippen molar-refractivity contribution in [3.05, 3.63) is 42.2 Å². The van der Waals surface area contributed by atoms with E-state index in [-0.39, 0.29) is 23.8 Å². The van der Waals surface area contributed by atoms with E-state index < -0.39 is 0 Å². The average molecular weight is 329 g/mol. The second-order valence-electron chi connectivity index (χ2n) is 6.36. The van der Waals surface area contributed by atoms with E-state index in [0.29, 0.717) is 18.7 Å². The van der Waals surface area contributed by atoms with E-state index in [9.17, 15) is 9.59 Å². The number of nitrogens with one attached hydrogen (secondary N) is 1. The molecule has 1 aliphatic heterocycles. The largest absolute Gasteiger partial charge is 0.350 e. The first-order chi connectivity index (χ1) is 11.5. The van der Waals surface area contributed by atoms with Crippen molar-refractivity contribution in [2.45, 2.75) is 18.9 Å². The summed E-state index contributed by atoms with van der Waals surface area (Å²) in [5.41, 5.74) is 0.629. The van der Waals surface area contributed by atoms with Crippen LogP contribution in [-0.2, 0) is 18.9 Å². The summed E-state index contributed by atoms with van der Waals surface area (Å²) in [5, 5.41) is 3.01. The van der Waals surface area contributed by atoms with Gasteiger partial charge in [0.1, 0.15) is 11.5 Å². The van der Waals surface area contributed by atoms with Crippen LogP contribution in [0.15, 0.2) is 30.7 Å². The number of piperidine rings is 1. The number of rotatable bonds is 4. The number of aryl methyl sites for hydroxylation is 2. The van der Waals surface area contributed by atoms with Crippen LogP contribution in [0.2, 0.25) is 0 Å². The van der Waals surface area contributed by atoms with Gasteiger partial charge >= 0.3 is 0 Å². The highest BCUT2D eigenvalue weighted by Gasteiger charge is 2.37. The van der Waals surface area contributed by atoms with Gasteiger partial charge in [-0.15, -0.1) is 0 Å². The fourth-order valence-electron chi connectivity index (χ4n) is 3.39. The minimum absolute atomic E-state index is 0.0966. The Morgan fingerprint density at radius 3 is 2.71 bits per heavy atom. The Balaban J connectivity index is 1.75. The number of aromatic nitrogens is 3. The SMILES string of the molecule is CN1C(=O)CC[C@H](CNC(=O)c2cccn2C)[C@H]1c1nccn1C. The molecule has 0 aliphatic carbocycles. The molecule has 2 aromatic heterocycles. The number of carbonyl (C=O) groups is 2. The third-order valence-corrected chi connectivity index (χ3v) is 4.81. The summed E-state index contributed by atoms with van der Waals surface area (Å²) in [7, 11) is 5.58. The molecule has 0 radical (unpaired) electrons. The van der Waals surface area contributed by atoms with Crippen molar-refractivity contribution < 1.29 is 9.59 Å². The maximum absolute atomic E-state index is 12.3. The molecule has 3 heterocycles. The smallest absolute Gasteiger partial charge is 0.267 e. The standard InChI is InChI=1S/C17H23N5O2/c1-20-9-4-5-13(20)17(24)19-11-12-6-7-14(23)22(3)15(12)16-18-8-10-21(16)2/h4-5,8-10,12,15H,6-7,11H2,1-3H3,(H,19,24)/t12-,15+/m1/s1. The molecule has 7 heteroatoms. The van der Waals surface area contributed by atoms with Crippen LogP contribution in [0.5, 0.6) is 0 Å². The molecule has 2 atom stereocenters. The lowest BCUT2D eigenvalue weighted by molar-refractivity contribution is -0.137. The molecular weight excluding hydrogens is 306 g/mol. The van der Waals surface area contributed by atoms with Gasteiger partial charge in [-0.05, 0) is 18.6 Å². The topological polar surface area (TPSA) is 72.2 Å². The van der Waals surface area contributed by atoms with Gasteiger partial charge in [-0.2, -0.15) is 0 Å². The lowest BCUT2D eigenvalue weighted by Crippen LogP contribution is -2.45. The average Bonchev–Trinajstić information content (AvgIpc) is 3.17. The van der Waals surface area contributed by atoms with Crippen LogP contribution in [-0.4, -0.2) is 44.4 Å². The molecule has 24 heavy (non-hydrogen) atoms. The van der Waals surface area contributed by atoms with E-state index in [2.05, 4.69) is 10.3 Å². The Kier molecular flexibility index (Phi) is 4.42. The number of amides is 2. The Labute approximate surface area is 141 Å². The van der Waals surface area contributed by atoms with Crippen molar-refractivity contribution >= 4 is 11.8 Å². The lowest BCUT2D eigenvalue weighted by atomic mass is 9.88. The highest BCUT2D eigenvalue weighted by atomic mass is 16.2. The Bertz CT molecular complexity index is 748. The summed E-state index contributed by atoms with van der Waals surface area (Å²) in [6, 6.07) is 3.51. The zero-order valence-electron chi connectivity index (χ0n) is 14.3. The highest BCUT2D eigenvalue weighted by molar-refractivity contribution is 5.92. The molecule has 0 spiro atoms. The molecule has 1 aliphatic rings. The highest BCUT2D eigenvalue weighted by Crippen LogP contribution is 2.34. The molecular formula is C17H23N5O2. The molecule has 0 saturated carbocycles. The number of likely N-dealkylation sites (tertiary alicyclic amines) is 1. The molecule has 3 rings (SSSR count). The first kappa shape index (κ1) is 16.3. The number of imidazole rings is 1. The third kappa shape index (κ3) is 2.93. The number of hydrogen-bond donors (Lipinski definition) is 1. The van der Waals surface area contributed by atoms with Crippen LogP contribution < -0.4 is 5.32 Å². The number of nitrogens with zero attached hydrogens (tertiary/aromatic N) is 4. The van der Waals surface area contributed by atoms with Gasteiger partial charge < -0.3 is 19.4 Å². The van der Waals surface area contributed by atoms with Crippen LogP contribution in [0.3, 0.4) is 0 Å². The van der Waals surface area contributed by atoms with Crippen molar-refractivity contribution in [3.63, 3.8) is 0 Å². The summed E-state index contributed by atoms with van der Waals surface area (Å²) < 4.78 is 3.73. The molecule has 2 amide bonds. The minimum Gasteiger partial charge on any atom is -0.350 e. The Morgan fingerprint density at radius 2 is 2.08 bits per heavy atom. The minimum atomic E-state index is -0.125. The van der Waals surface area contributed by atoms with Gasteiger partial charge in [-0.1, -0.05) is 0 Å². The first-order valence-electron chi connectivity index (χ1n) is 8.11. The molecule has 1 saturated heterocycles. The fourth-order valence-corrected chi connectivity index (χ4v) is 3.39. The maximum atomic E-state index is 12.3. The molecule has 0 unspecified atom stereocenters. The van der Waals surface area contributed by atoms with Crippen molar-refractivity contribution in [2.75, 3.05) is 13.6 Å². The lowest BCUT2D eigenvalue weighted by Gasteiger charge is -2.38. The van der Waals surface area contributed by atoms with Gasteiger partial charge in [-0.25, -0.2) is 4.98 Å². The van der Waals surface area contributed by atoms with E-state index in [0.717, 1.165) is 12.2 Å². The molecule has 7 nitrogen and oxygen atoms in total. The summed E-state index contributed by atoms with van der Waals surface area (Å²) in [6.45, 7) is 0.513. The van der Waals surface area contributed by atoms with Crippen molar-refractivity contribution in [1.29, 1.82) is 0 Å². The van der Waals surface area contributed by atoms with E-state index in [1.165, 1.54) is 0 Å². The predicted octanol–water partition coefficient (Wildman–Crippen LogP) is 1.10. The van der Waals surface area contributed by atoms with Crippen LogP contribution in [0, 0.1) is 5.92 Å². The van der Waals surface area contributed by atoms with Crippen molar-refractivity contribution in [3.8, 4) is 0 Å². The van der Waals surface area contributed by atoms with Gasteiger partial charge in [0.15, 0.2) is 0 Å². The Morgan fingerprint density at radius 1 is 1.29 bits per heavy atom. The van der Waals surface area contributed by atoms with Gasteiger partial charge in [0.05, 0.1) is 6.04 Å². The summed E-state index contributed by atoms with van der Waals surface area (Å²) in [6.07, 6.45) is 6.71. The van der Waals surface area contributed by atoms with Gasteiger partial charge in [0.2, 0.25) is 5.91 Å². The normalized spacial score (nSPS) is 21.1. The summed E-state index contributed by atoms with van der Waals surface area (Å²) in [4.78, 5) is 30.6. The molecule has 1 N–H and O–H groups in total. The zero-order valence-corrected chi connectivity index (χ0v) is 14.3. The summed E-state index contributed by atoms with van der Waals surface area (Å²) >= 11 is 0. The summed E-state index contributed by atoms with van der Waals surface area (Å²) in [5.74, 6) is 1.01. The van der Waals surface area contributed by atoms with Crippen LogP contribution in [0.4, 0.5) is 0 Å². The monoisotopic (exact) mass is 329 g/mol. The predicted molar refractivity (Wildman–Crippen MR) is 89.2 cm³/mol. The molecule has 1 fully saturated rings. The van der Waals surface area contributed by atoms with Crippen molar-refractivity contribution in [2.24, 2.45) is 20.0 Å². The number of hydrogen-bond acceptors (Lipinski definition) is 3. The van der Waals surface area contributed by atoms with Gasteiger partial charge in [0.25, 0.3) is 5.91 Å². The first-order valence-corrected chi connectivity index (χ1v) is 8.11. The molecule has 0 bridgehead atoms. The van der Waals surface area contributed by atoms with Crippen LogP contribution >= 0.6 is 0 Å². The zero-order chi connectivity index (χ0) is 17.3. The van der Waals surface area contributed by atoms with Crippen LogP contribution in [0.25, 0.3) is 0 Å². The van der Waals surface area contributed by atoms with Gasteiger partial charge in [-0.3, -0.25) is 9.59 Å². The van der Waals surface area contributed by atoms with E-state index in [4.69, 9.17) is 0 Å². The van der Waals surface area contributed by atoms with E-state index in [1.54, 1.807) is 21.7 Å². The maximum Gasteiger partial charge on any atom is 0.267 e. The quantitative estimate of drug-likeness (QED) is 0.913.